The number of hydrogen-bond acceptors (Lipinski definition) is 5. The zero-order chi connectivity index (χ0) is 14.9. The molecule has 0 bridgehead atoms. The second kappa shape index (κ2) is 5.00. The first-order valence-corrected chi connectivity index (χ1v) is 6.21. The van der Waals surface area contributed by atoms with E-state index in [-0.39, 0.29) is 5.75 Å². The molecule has 0 saturated carbocycles. The van der Waals surface area contributed by atoms with Crippen molar-refractivity contribution in [1.82, 2.24) is 0 Å². The third-order valence-corrected chi connectivity index (χ3v) is 3.07. The molecule has 0 spiro atoms. The number of cyclic esters (lactones) is 2. The van der Waals surface area contributed by atoms with E-state index >= 15 is 0 Å². The Labute approximate surface area is 116 Å². The molecule has 0 radical (unpaired) electrons. The lowest BCUT2D eigenvalue weighted by atomic mass is 9.85. The molecule has 0 amide bonds. The molecule has 1 aromatic rings. The average Bonchev–Trinajstić information content (AvgIpc) is 2.32. The van der Waals surface area contributed by atoms with Gasteiger partial charge < -0.3 is 14.6 Å². The molecular weight excluding hydrogens is 260 g/mol. The Bertz CT molecular complexity index is 541. The highest BCUT2D eigenvalue weighted by atomic mass is 16.7. The van der Waals surface area contributed by atoms with Gasteiger partial charge >= 0.3 is 11.9 Å². The van der Waals surface area contributed by atoms with Gasteiger partial charge in [0.25, 0.3) is 5.79 Å². The van der Waals surface area contributed by atoms with Crippen LogP contribution in [0, 0.1) is 5.92 Å². The lowest BCUT2D eigenvalue weighted by Crippen LogP contribution is -2.48. The Morgan fingerprint density at radius 3 is 2.40 bits per heavy atom. The molecule has 1 fully saturated rings. The average molecular weight is 276 g/mol. The number of hydrogen-bond donors (Lipinski definition) is 1. The number of carbonyl (C=O) groups excluding carboxylic acids is 2. The van der Waals surface area contributed by atoms with Crippen LogP contribution in [0.1, 0.15) is 25.3 Å². The maximum Gasteiger partial charge on any atom is 0.324 e. The highest BCUT2D eigenvalue weighted by molar-refractivity contribution is 5.98. The van der Waals surface area contributed by atoms with Crippen molar-refractivity contribution in [2.45, 2.75) is 25.6 Å². The number of allylic oxidation sites excluding steroid dienone is 1. The number of phenolic OH excluding ortho intramolecular Hbond substituents is 1. The zero-order valence-corrected chi connectivity index (χ0v) is 11.3. The Morgan fingerprint density at radius 2 is 1.90 bits per heavy atom. The van der Waals surface area contributed by atoms with Crippen molar-refractivity contribution in [3.63, 3.8) is 0 Å². The van der Waals surface area contributed by atoms with E-state index in [1.165, 1.54) is 32.1 Å². The first-order chi connectivity index (χ1) is 9.34. The van der Waals surface area contributed by atoms with Crippen LogP contribution >= 0.6 is 0 Å². The van der Waals surface area contributed by atoms with Crippen LogP contribution in [0.5, 0.6) is 5.75 Å². The molecule has 106 valence electrons. The number of carbonyl (C=O) groups is 2. The molecule has 0 aliphatic carbocycles. The van der Waals surface area contributed by atoms with Gasteiger partial charge in [0, 0.05) is 19.8 Å². The molecule has 1 atom stereocenters. The van der Waals surface area contributed by atoms with Crippen molar-refractivity contribution >= 4 is 11.9 Å². The number of rotatable bonds is 3. The molecule has 1 saturated heterocycles. The van der Waals surface area contributed by atoms with Gasteiger partial charge in [-0.05, 0) is 17.7 Å². The number of aromatic hydroxyl groups is 1. The fraction of sp³-hybridized carbons (Fsp3) is 0.333. The van der Waals surface area contributed by atoms with E-state index in [0.29, 0.717) is 5.56 Å². The van der Waals surface area contributed by atoms with E-state index < -0.39 is 29.6 Å². The van der Waals surface area contributed by atoms with Gasteiger partial charge in [0.1, 0.15) is 5.75 Å². The molecule has 0 aromatic heterocycles. The number of benzene rings is 1. The summed E-state index contributed by atoms with van der Waals surface area (Å²) in [6.07, 6.45) is 1.47. The van der Waals surface area contributed by atoms with Gasteiger partial charge in [-0.2, -0.15) is 0 Å². The van der Waals surface area contributed by atoms with Crippen molar-refractivity contribution in [3.05, 3.63) is 42.5 Å². The summed E-state index contributed by atoms with van der Waals surface area (Å²) in [6, 6.07) is 6.31. The Morgan fingerprint density at radius 1 is 1.30 bits per heavy atom. The summed E-state index contributed by atoms with van der Waals surface area (Å²) in [5, 5.41) is 9.50. The lowest BCUT2D eigenvalue weighted by molar-refractivity contribution is -0.240. The van der Waals surface area contributed by atoms with Gasteiger partial charge in [-0.1, -0.05) is 18.2 Å². The van der Waals surface area contributed by atoms with Crippen molar-refractivity contribution < 1.29 is 24.2 Å². The maximum absolute atomic E-state index is 12.0. The fourth-order valence-electron chi connectivity index (χ4n) is 2.22. The highest BCUT2D eigenvalue weighted by Crippen LogP contribution is 2.34. The van der Waals surface area contributed by atoms with Crippen LogP contribution in [0.3, 0.4) is 0 Å². The molecule has 1 N–H and O–H groups in total. The molecule has 1 aromatic carbocycles. The van der Waals surface area contributed by atoms with Crippen LogP contribution < -0.4 is 0 Å². The smallest absolute Gasteiger partial charge is 0.324 e. The minimum atomic E-state index is -1.25. The molecule has 2 rings (SSSR count). The van der Waals surface area contributed by atoms with Crippen molar-refractivity contribution in [2.24, 2.45) is 5.92 Å². The normalized spacial score (nSPS) is 19.9. The first-order valence-electron chi connectivity index (χ1n) is 6.21. The summed E-state index contributed by atoms with van der Waals surface area (Å²) in [5.41, 5.74) is 0.596. The molecular formula is C15H16O5. The van der Waals surface area contributed by atoms with Crippen molar-refractivity contribution in [2.75, 3.05) is 0 Å². The lowest BCUT2D eigenvalue weighted by Gasteiger charge is -2.35. The second-order valence-electron chi connectivity index (χ2n) is 5.08. The van der Waals surface area contributed by atoms with E-state index in [0.717, 1.165) is 0 Å². The highest BCUT2D eigenvalue weighted by Gasteiger charge is 2.46. The van der Waals surface area contributed by atoms with Crippen LogP contribution in [0.15, 0.2) is 36.9 Å². The number of phenols is 1. The molecule has 5 heteroatoms. The van der Waals surface area contributed by atoms with Gasteiger partial charge in [-0.15, -0.1) is 6.58 Å². The van der Waals surface area contributed by atoms with E-state index in [9.17, 15) is 14.7 Å². The Balaban J connectivity index is 2.35. The predicted molar refractivity (Wildman–Crippen MR) is 70.8 cm³/mol. The molecule has 5 nitrogen and oxygen atoms in total. The summed E-state index contributed by atoms with van der Waals surface area (Å²) >= 11 is 0. The summed E-state index contributed by atoms with van der Waals surface area (Å²) in [7, 11) is 0. The molecule has 20 heavy (non-hydrogen) atoms. The SMILES string of the molecule is C=CC(c1cccc(O)c1)C1C(=O)OC(C)(C)OC1=O. The summed E-state index contributed by atoms with van der Waals surface area (Å²) in [4.78, 5) is 24.1. The fourth-order valence-corrected chi connectivity index (χ4v) is 2.22. The van der Waals surface area contributed by atoms with Gasteiger partial charge in [-0.3, -0.25) is 9.59 Å². The van der Waals surface area contributed by atoms with Crippen LogP contribution in [-0.4, -0.2) is 22.8 Å². The topological polar surface area (TPSA) is 72.8 Å². The minimum Gasteiger partial charge on any atom is -0.508 e. The zero-order valence-electron chi connectivity index (χ0n) is 11.3. The maximum atomic E-state index is 12.0. The van der Waals surface area contributed by atoms with Crippen molar-refractivity contribution in [1.29, 1.82) is 0 Å². The van der Waals surface area contributed by atoms with E-state index in [2.05, 4.69) is 6.58 Å². The quantitative estimate of drug-likeness (QED) is 0.520. The molecule has 1 aliphatic heterocycles. The van der Waals surface area contributed by atoms with Gasteiger partial charge in [0.05, 0.1) is 0 Å². The third kappa shape index (κ3) is 2.66. The van der Waals surface area contributed by atoms with Crippen molar-refractivity contribution in [3.8, 4) is 5.75 Å². The van der Waals surface area contributed by atoms with Gasteiger partial charge in [0.15, 0.2) is 5.92 Å². The Hall–Kier alpha value is -2.30. The van der Waals surface area contributed by atoms with Crippen LogP contribution in [0.2, 0.25) is 0 Å². The largest absolute Gasteiger partial charge is 0.508 e. The van der Waals surface area contributed by atoms with E-state index in [1.807, 2.05) is 0 Å². The van der Waals surface area contributed by atoms with Crippen LogP contribution in [-0.2, 0) is 19.1 Å². The van der Waals surface area contributed by atoms with E-state index in [1.54, 1.807) is 12.1 Å². The summed E-state index contributed by atoms with van der Waals surface area (Å²) in [5.74, 6) is -4.23. The van der Waals surface area contributed by atoms with Gasteiger partial charge in [-0.25, -0.2) is 0 Å². The van der Waals surface area contributed by atoms with Crippen LogP contribution in [0.4, 0.5) is 0 Å². The van der Waals surface area contributed by atoms with Gasteiger partial charge in [0.2, 0.25) is 0 Å². The summed E-state index contributed by atoms with van der Waals surface area (Å²) < 4.78 is 10.2. The third-order valence-electron chi connectivity index (χ3n) is 3.07. The number of esters is 2. The summed E-state index contributed by atoms with van der Waals surface area (Å²) in [6.45, 7) is 6.64. The van der Waals surface area contributed by atoms with E-state index in [4.69, 9.17) is 9.47 Å². The molecule has 1 heterocycles. The second-order valence-corrected chi connectivity index (χ2v) is 5.08. The standard InChI is InChI=1S/C15H16O5/c1-4-11(9-6-5-7-10(16)8-9)12-13(17)19-15(2,3)20-14(12)18/h4-8,11-12,16H,1H2,2-3H3. The predicted octanol–water partition coefficient (Wildman–Crippen LogP) is 2.11. The Kier molecular flexibility index (Phi) is 3.53. The van der Waals surface area contributed by atoms with Crippen LogP contribution in [0.25, 0.3) is 0 Å². The number of ether oxygens (including phenoxy) is 2. The molecule has 1 unspecified atom stereocenters. The first kappa shape index (κ1) is 14.1. The monoisotopic (exact) mass is 276 g/mol. The molecule has 1 aliphatic rings. The minimum absolute atomic E-state index is 0.0484.